The molecular weight excluding hydrogens is 120 g/mol. The fraction of sp³-hybridized carbons (Fsp3) is 0. The topological polar surface area (TPSA) is 72.9 Å². The summed E-state index contributed by atoms with van der Waals surface area (Å²) in [5.74, 6) is 4.97. The van der Waals surface area contributed by atoms with Gasteiger partial charge in [-0.1, -0.05) is 0 Å². The molecule has 0 aliphatic rings. The number of nitrogens with one attached hydrogen (secondary N) is 1. The molecule has 0 aromatic carbocycles. The monoisotopic (exact) mass is 126 g/mol. The first-order valence-corrected chi connectivity index (χ1v) is 2.34. The summed E-state index contributed by atoms with van der Waals surface area (Å²) < 4.78 is 1.36. The molecule has 1 rings (SSSR count). The van der Waals surface area contributed by atoms with Crippen molar-refractivity contribution in [2.24, 2.45) is 5.84 Å². The van der Waals surface area contributed by atoms with Crippen molar-refractivity contribution >= 4 is 0 Å². The second-order valence-electron chi connectivity index (χ2n) is 1.43. The molecule has 1 aromatic rings. The van der Waals surface area contributed by atoms with Gasteiger partial charge in [0.15, 0.2) is 0 Å². The fourth-order valence-electron chi connectivity index (χ4n) is 0.421. The van der Waals surface area contributed by atoms with Crippen LogP contribution in [-0.2, 0) is 0 Å². The molecule has 0 bridgehead atoms. The van der Waals surface area contributed by atoms with Crippen LogP contribution in [0.1, 0.15) is 0 Å². The van der Waals surface area contributed by atoms with Gasteiger partial charge in [-0.25, -0.2) is 10.5 Å². The quantitative estimate of drug-likeness (QED) is 0.361. The van der Waals surface area contributed by atoms with Crippen molar-refractivity contribution in [3.8, 4) is 0 Å². The standard InChI is InChI=1S/C4H6N4O/c5-7-8-2-1-4(9)6-3-8/h1-3,7H,5H2. The average molecular weight is 126 g/mol. The summed E-state index contributed by atoms with van der Waals surface area (Å²) in [6.07, 6.45) is 2.78. The van der Waals surface area contributed by atoms with Gasteiger partial charge in [0.25, 0.3) is 5.56 Å². The van der Waals surface area contributed by atoms with E-state index in [1.54, 1.807) is 0 Å². The second kappa shape index (κ2) is 2.27. The molecule has 5 nitrogen and oxygen atoms in total. The molecule has 0 amide bonds. The molecule has 0 radical (unpaired) electrons. The van der Waals surface area contributed by atoms with Gasteiger partial charge in [-0.15, -0.1) is 0 Å². The number of aromatic nitrogens is 2. The Labute approximate surface area is 51.1 Å². The van der Waals surface area contributed by atoms with E-state index in [1.807, 2.05) is 0 Å². The van der Waals surface area contributed by atoms with E-state index in [1.165, 1.54) is 23.3 Å². The predicted molar refractivity (Wildman–Crippen MR) is 32.0 cm³/mol. The molecule has 0 fully saturated rings. The van der Waals surface area contributed by atoms with Crippen molar-refractivity contribution in [3.05, 3.63) is 28.9 Å². The molecule has 0 unspecified atom stereocenters. The Kier molecular flexibility index (Phi) is 1.46. The van der Waals surface area contributed by atoms with Crippen LogP contribution in [0, 0.1) is 0 Å². The maximum absolute atomic E-state index is 10.3. The Hall–Kier alpha value is -1.36. The maximum Gasteiger partial charge on any atom is 0.272 e. The van der Waals surface area contributed by atoms with Crippen LogP contribution >= 0.6 is 0 Å². The van der Waals surface area contributed by atoms with Crippen molar-refractivity contribution in [2.75, 3.05) is 5.53 Å². The van der Waals surface area contributed by atoms with Gasteiger partial charge >= 0.3 is 0 Å². The lowest BCUT2D eigenvalue weighted by molar-refractivity contribution is 0.830. The summed E-state index contributed by atoms with van der Waals surface area (Å²) in [6, 6.07) is 1.31. The molecule has 0 saturated heterocycles. The number of nitrogens with zero attached hydrogens (tertiary/aromatic N) is 2. The fourth-order valence-corrected chi connectivity index (χ4v) is 0.421. The van der Waals surface area contributed by atoms with Crippen LogP contribution < -0.4 is 16.9 Å². The van der Waals surface area contributed by atoms with Gasteiger partial charge in [0, 0.05) is 12.3 Å². The molecule has 48 valence electrons. The number of hydrazine groups is 1. The first-order chi connectivity index (χ1) is 4.33. The second-order valence-corrected chi connectivity index (χ2v) is 1.43. The molecule has 0 atom stereocenters. The van der Waals surface area contributed by atoms with Crippen molar-refractivity contribution in [1.82, 2.24) is 9.66 Å². The zero-order valence-corrected chi connectivity index (χ0v) is 4.61. The molecule has 9 heavy (non-hydrogen) atoms. The molecule has 0 aliphatic carbocycles. The molecule has 0 saturated carbocycles. The normalized spacial score (nSPS) is 9.00. The predicted octanol–water partition coefficient (Wildman–Crippen LogP) is -1.34. The van der Waals surface area contributed by atoms with E-state index < -0.39 is 0 Å². The zero-order valence-electron chi connectivity index (χ0n) is 4.61. The highest BCUT2D eigenvalue weighted by molar-refractivity contribution is 4.82. The Morgan fingerprint density at radius 3 is 3.00 bits per heavy atom. The molecule has 1 aromatic heterocycles. The smallest absolute Gasteiger partial charge is 0.267 e. The van der Waals surface area contributed by atoms with Gasteiger partial charge < -0.3 is 0 Å². The number of nitrogen functional groups attached to an aromatic ring is 1. The number of nitrogens with two attached hydrogens (primary N) is 1. The summed E-state index contributed by atoms with van der Waals surface area (Å²) in [7, 11) is 0. The van der Waals surface area contributed by atoms with E-state index in [-0.39, 0.29) is 5.56 Å². The van der Waals surface area contributed by atoms with E-state index in [0.717, 1.165) is 0 Å². The minimum absolute atomic E-state index is 0.276. The summed E-state index contributed by atoms with van der Waals surface area (Å²) in [5.41, 5.74) is 1.99. The van der Waals surface area contributed by atoms with Crippen molar-refractivity contribution in [2.45, 2.75) is 0 Å². The van der Waals surface area contributed by atoms with E-state index in [4.69, 9.17) is 5.84 Å². The third-order valence-corrected chi connectivity index (χ3v) is 0.836. The van der Waals surface area contributed by atoms with Crippen molar-refractivity contribution in [1.29, 1.82) is 0 Å². The maximum atomic E-state index is 10.3. The SMILES string of the molecule is NNn1ccc(=O)nc1. The third-order valence-electron chi connectivity index (χ3n) is 0.836. The van der Waals surface area contributed by atoms with E-state index in [2.05, 4.69) is 10.5 Å². The first kappa shape index (κ1) is 5.77. The van der Waals surface area contributed by atoms with E-state index >= 15 is 0 Å². The van der Waals surface area contributed by atoms with E-state index in [9.17, 15) is 4.79 Å². The van der Waals surface area contributed by atoms with Crippen molar-refractivity contribution in [3.63, 3.8) is 0 Å². The highest BCUT2D eigenvalue weighted by Gasteiger charge is 1.81. The summed E-state index contributed by atoms with van der Waals surface area (Å²) in [5, 5.41) is 0. The lowest BCUT2D eigenvalue weighted by atomic mass is 10.7. The Morgan fingerprint density at radius 2 is 2.56 bits per heavy atom. The van der Waals surface area contributed by atoms with E-state index in [0.29, 0.717) is 0 Å². The van der Waals surface area contributed by atoms with Gasteiger partial charge in [-0.2, -0.15) is 4.98 Å². The first-order valence-electron chi connectivity index (χ1n) is 2.34. The summed E-state index contributed by atoms with van der Waals surface area (Å²) in [6.45, 7) is 0. The molecule has 5 heteroatoms. The van der Waals surface area contributed by atoms with Gasteiger partial charge in [0.1, 0.15) is 6.33 Å². The van der Waals surface area contributed by atoms with Crippen LogP contribution in [0.3, 0.4) is 0 Å². The van der Waals surface area contributed by atoms with Gasteiger partial charge in [-0.3, -0.25) is 10.3 Å². The molecule has 3 N–H and O–H groups in total. The minimum Gasteiger partial charge on any atom is -0.267 e. The number of hydrogen-bond donors (Lipinski definition) is 2. The van der Waals surface area contributed by atoms with Crippen LogP contribution in [0.4, 0.5) is 0 Å². The lowest BCUT2D eigenvalue weighted by Crippen LogP contribution is -2.23. The average Bonchev–Trinajstić information content (AvgIpc) is 1.90. The van der Waals surface area contributed by atoms with Crippen LogP contribution in [0.15, 0.2) is 23.4 Å². The Morgan fingerprint density at radius 1 is 1.78 bits per heavy atom. The van der Waals surface area contributed by atoms with Gasteiger partial charge in [0.05, 0.1) is 0 Å². The van der Waals surface area contributed by atoms with Crippen LogP contribution in [0.5, 0.6) is 0 Å². The molecular formula is C4H6N4O. The third kappa shape index (κ3) is 1.26. The molecule has 0 aliphatic heterocycles. The summed E-state index contributed by atoms with van der Waals surface area (Å²) >= 11 is 0. The Bertz CT molecular complexity index is 222. The Balaban J connectivity index is 3.02. The number of rotatable bonds is 1. The van der Waals surface area contributed by atoms with Gasteiger partial charge in [-0.05, 0) is 0 Å². The molecule has 0 spiro atoms. The van der Waals surface area contributed by atoms with Crippen LogP contribution in [-0.4, -0.2) is 9.66 Å². The highest BCUT2D eigenvalue weighted by Crippen LogP contribution is 1.68. The lowest BCUT2D eigenvalue weighted by Gasteiger charge is -1.99. The highest BCUT2D eigenvalue weighted by atomic mass is 16.1. The van der Waals surface area contributed by atoms with Gasteiger partial charge in [0.2, 0.25) is 0 Å². The van der Waals surface area contributed by atoms with Crippen molar-refractivity contribution < 1.29 is 0 Å². The number of hydrogen-bond acceptors (Lipinski definition) is 4. The van der Waals surface area contributed by atoms with Crippen LogP contribution in [0.2, 0.25) is 0 Å². The largest absolute Gasteiger partial charge is 0.272 e. The van der Waals surface area contributed by atoms with Crippen LogP contribution in [0.25, 0.3) is 0 Å². The zero-order chi connectivity index (χ0) is 6.69. The summed E-state index contributed by atoms with van der Waals surface area (Å²) in [4.78, 5) is 13.8. The molecule has 1 heterocycles. The minimum atomic E-state index is -0.276.